The number of carboxylic acid groups (broad SMARTS) is 1. The van der Waals surface area contributed by atoms with Crippen molar-refractivity contribution in [2.45, 2.75) is 26.9 Å². The second-order valence-electron chi connectivity index (χ2n) is 4.99. The number of hydrogen-bond donors (Lipinski definition) is 2. The molecule has 23 heavy (non-hydrogen) atoms. The lowest BCUT2D eigenvalue weighted by molar-refractivity contribution is -0.136. The van der Waals surface area contributed by atoms with Crippen molar-refractivity contribution in [3.05, 3.63) is 46.8 Å². The SMILES string of the molecule is Cc1noc(C)c1COc1ccccc1C(=O)NCCC(=O)O. The van der Waals surface area contributed by atoms with Crippen molar-refractivity contribution in [1.82, 2.24) is 10.5 Å². The Morgan fingerprint density at radius 1 is 1.30 bits per heavy atom. The first-order chi connectivity index (χ1) is 11.0. The summed E-state index contributed by atoms with van der Waals surface area (Å²) in [6.45, 7) is 3.91. The highest BCUT2D eigenvalue weighted by Crippen LogP contribution is 2.21. The van der Waals surface area contributed by atoms with E-state index in [2.05, 4.69) is 10.5 Å². The molecule has 0 radical (unpaired) electrons. The van der Waals surface area contributed by atoms with E-state index in [4.69, 9.17) is 14.4 Å². The van der Waals surface area contributed by atoms with Gasteiger partial charge in [-0.3, -0.25) is 9.59 Å². The van der Waals surface area contributed by atoms with Gasteiger partial charge in [0, 0.05) is 6.54 Å². The van der Waals surface area contributed by atoms with Gasteiger partial charge in [0.05, 0.1) is 23.2 Å². The highest BCUT2D eigenvalue weighted by molar-refractivity contribution is 5.97. The van der Waals surface area contributed by atoms with E-state index in [0.29, 0.717) is 17.1 Å². The molecule has 122 valence electrons. The zero-order valence-electron chi connectivity index (χ0n) is 13.0. The number of carboxylic acids is 1. The molecule has 0 fully saturated rings. The Kier molecular flexibility index (Phi) is 5.35. The molecule has 2 N–H and O–H groups in total. The summed E-state index contributed by atoms with van der Waals surface area (Å²) in [7, 11) is 0. The highest BCUT2D eigenvalue weighted by atomic mass is 16.5. The van der Waals surface area contributed by atoms with Crippen molar-refractivity contribution < 1.29 is 24.0 Å². The molecule has 0 bridgehead atoms. The number of aliphatic carboxylic acids is 1. The molecule has 0 unspecified atom stereocenters. The minimum Gasteiger partial charge on any atom is -0.488 e. The molecule has 0 spiro atoms. The normalized spacial score (nSPS) is 10.3. The van der Waals surface area contributed by atoms with Crippen LogP contribution in [0.3, 0.4) is 0 Å². The number of para-hydroxylation sites is 1. The van der Waals surface area contributed by atoms with Crippen LogP contribution in [0.2, 0.25) is 0 Å². The summed E-state index contributed by atoms with van der Waals surface area (Å²) < 4.78 is 10.8. The number of hydrogen-bond acceptors (Lipinski definition) is 5. The predicted octanol–water partition coefficient (Wildman–Crippen LogP) is 2.07. The maximum Gasteiger partial charge on any atom is 0.305 e. The fourth-order valence-electron chi connectivity index (χ4n) is 2.02. The topological polar surface area (TPSA) is 102 Å². The molecule has 2 aromatic rings. The molecule has 0 aliphatic heterocycles. The Bertz CT molecular complexity index is 689. The molecule has 2 rings (SSSR count). The lowest BCUT2D eigenvalue weighted by Gasteiger charge is -2.11. The van der Waals surface area contributed by atoms with Crippen LogP contribution in [0.5, 0.6) is 5.75 Å². The first kappa shape index (κ1) is 16.5. The van der Waals surface area contributed by atoms with Crippen molar-refractivity contribution in [2.75, 3.05) is 6.54 Å². The third kappa shape index (κ3) is 4.32. The fourth-order valence-corrected chi connectivity index (χ4v) is 2.02. The van der Waals surface area contributed by atoms with Gasteiger partial charge in [0.25, 0.3) is 5.91 Å². The van der Waals surface area contributed by atoms with Gasteiger partial charge in [0.15, 0.2) is 0 Å². The molecule has 0 saturated heterocycles. The first-order valence-electron chi connectivity index (χ1n) is 7.12. The van der Waals surface area contributed by atoms with Crippen LogP contribution in [0, 0.1) is 13.8 Å². The average Bonchev–Trinajstić information content (AvgIpc) is 2.84. The number of aromatic nitrogens is 1. The number of ether oxygens (including phenoxy) is 1. The molecule has 0 aliphatic rings. The molecule has 7 nitrogen and oxygen atoms in total. The molecular weight excluding hydrogens is 300 g/mol. The average molecular weight is 318 g/mol. The number of rotatable bonds is 7. The number of carbonyl (C=O) groups excluding carboxylic acids is 1. The van der Waals surface area contributed by atoms with E-state index >= 15 is 0 Å². The predicted molar refractivity (Wildman–Crippen MR) is 81.3 cm³/mol. The van der Waals surface area contributed by atoms with Crippen LogP contribution in [0.15, 0.2) is 28.8 Å². The molecule has 1 amide bonds. The standard InChI is InChI=1S/C16H18N2O5/c1-10-13(11(2)23-18-10)9-22-14-6-4-3-5-12(14)16(21)17-8-7-15(19)20/h3-6H,7-9H2,1-2H3,(H,17,21)(H,19,20). The molecule has 7 heteroatoms. The van der Waals surface area contributed by atoms with E-state index in [1.165, 1.54) is 0 Å². The van der Waals surface area contributed by atoms with Crippen LogP contribution in [-0.4, -0.2) is 28.7 Å². The highest BCUT2D eigenvalue weighted by Gasteiger charge is 2.14. The summed E-state index contributed by atoms with van der Waals surface area (Å²) in [4.78, 5) is 22.6. The van der Waals surface area contributed by atoms with E-state index in [1.807, 2.05) is 6.92 Å². The Labute approximate surface area is 133 Å². The van der Waals surface area contributed by atoms with Gasteiger partial charge in [-0.15, -0.1) is 0 Å². The molecule has 1 heterocycles. The lowest BCUT2D eigenvalue weighted by Crippen LogP contribution is -2.26. The van der Waals surface area contributed by atoms with E-state index in [9.17, 15) is 9.59 Å². The van der Waals surface area contributed by atoms with Crippen molar-refractivity contribution in [3.8, 4) is 5.75 Å². The van der Waals surface area contributed by atoms with Gasteiger partial charge in [-0.2, -0.15) is 0 Å². The number of nitrogens with one attached hydrogen (secondary N) is 1. The Balaban J connectivity index is 2.05. The van der Waals surface area contributed by atoms with Gasteiger partial charge < -0.3 is 19.7 Å². The Morgan fingerprint density at radius 2 is 2.04 bits per heavy atom. The summed E-state index contributed by atoms with van der Waals surface area (Å²) in [6.07, 6.45) is -0.131. The zero-order valence-corrected chi connectivity index (χ0v) is 13.0. The summed E-state index contributed by atoms with van der Waals surface area (Å²) in [5.41, 5.74) is 1.93. The first-order valence-corrected chi connectivity index (χ1v) is 7.12. The lowest BCUT2D eigenvalue weighted by atomic mass is 10.1. The maximum absolute atomic E-state index is 12.1. The van der Waals surface area contributed by atoms with Crippen molar-refractivity contribution in [1.29, 1.82) is 0 Å². The summed E-state index contributed by atoms with van der Waals surface area (Å²) in [5, 5.41) is 15.0. The molecular formula is C16H18N2O5. The van der Waals surface area contributed by atoms with Crippen LogP contribution in [0.25, 0.3) is 0 Å². The second-order valence-corrected chi connectivity index (χ2v) is 4.99. The van der Waals surface area contributed by atoms with Gasteiger partial charge in [0.2, 0.25) is 0 Å². The van der Waals surface area contributed by atoms with Crippen LogP contribution >= 0.6 is 0 Å². The zero-order chi connectivity index (χ0) is 16.8. The largest absolute Gasteiger partial charge is 0.488 e. The molecule has 0 saturated carbocycles. The summed E-state index contributed by atoms with van der Waals surface area (Å²) in [5.74, 6) is -0.250. The third-order valence-corrected chi connectivity index (χ3v) is 3.31. The van der Waals surface area contributed by atoms with Gasteiger partial charge in [-0.05, 0) is 26.0 Å². The molecule has 0 atom stereocenters. The minimum absolute atomic E-state index is 0.0619. The van der Waals surface area contributed by atoms with E-state index < -0.39 is 5.97 Å². The summed E-state index contributed by atoms with van der Waals surface area (Å²) >= 11 is 0. The number of carbonyl (C=O) groups is 2. The smallest absolute Gasteiger partial charge is 0.305 e. The monoisotopic (exact) mass is 318 g/mol. The van der Waals surface area contributed by atoms with Crippen LogP contribution in [-0.2, 0) is 11.4 Å². The number of amides is 1. The van der Waals surface area contributed by atoms with Gasteiger partial charge >= 0.3 is 5.97 Å². The minimum atomic E-state index is -0.965. The molecule has 1 aromatic carbocycles. The van der Waals surface area contributed by atoms with Crippen LogP contribution < -0.4 is 10.1 Å². The third-order valence-electron chi connectivity index (χ3n) is 3.31. The number of nitrogens with zero attached hydrogens (tertiary/aromatic N) is 1. The molecule has 0 aliphatic carbocycles. The van der Waals surface area contributed by atoms with Gasteiger partial charge in [0.1, 0.15) is 18.1 Å². The van der Waals surface area contributed by atoms with Crippen LogP contribution in [0.1, 0.15) is 33.8 Å². The second kappa shape index (κ2) is 7.44. The van der Waals surface area contributed by atoms with Crippen LogP contribution in [0.4, 0.5) is 0 Å². The van der Waals surface area contributed by atoms with E-state index in [0.717, 1.165) is 11.3 Å². The van der Waals surface area contributed by atoms with Gasteiger partial charge in [-0.25, -0.2) is 0 Å². The Morgan fingerprint density at radius 3 is 2.70 bits per heavy atom. The maximum atomic E-state index is 12.1. The van der Waals surface area contributed by atoms with E-state index in [1.54, 1.807) is 31.2 Å². The van der Waals surface area contributed by atoms with Crippen molar-refractivity contribution in [3.63, 3.8) is 0 Å². The Hall–Kier alpha value is -2.83. The molecule has 1 aromatic heterocycles. The summed E-state index contributed by atoms with van der Waals surface area (Å²) in [6, 6.07) is 6.79. The fraction of sp³-hybridized carbons (Fsp3) is 0.312. The van der Waals surface area contributed by atoms with E-state index in [-0.39, 0.29) is 25.5 Å². The van der Waals surface area contributed by atoms with Crippen molar-refractivity contribution >= 4 is 11.9 Å². The van der Waals surface area contributed by atoms with Gasteiger partial charge in [-0.1, -0.05) is 17.3 Å². The van der Waals surface area contributed by atoms with Crippen molar-refractivity contribution in [2.24, 2.45) is 0 Å². The quantitative estimate of drug-likeness (QED) is 0.810. The number of benzene rings is 1. The number of aryl methyl sites for hydroxylation is 2.